The molecule has 6 N–H and O–H groups in total. The van der Waals surface area contributed by atoms with Crippen LogP contribution in [0.15, 0.2) is 0 Å². The minimum Gasteiger partial charge on any atom is -0.481 e. The van der Waals surface area contributed by atoms with Crippen LogP contribution in [0.5, 0.6) is 0 Å². The Morgan fingerprint density at radius 3 is 1.28 bits per heavy atom. The molecule has 6 nitrogen and oxygen atoms in total. The van der Waals surface area contributed by atoms with Crippen LogP contribution in [0.4, 0.5) is 0 Å². The Bertz CT molecular complexity index is 351. The van der Waals surface area contributed by atoms with Crippen molar-refractivity contribution in [3.63, 3.8) is 0 Å². The van der Waals surface area contributed by atoms with Crippen molar-refractivity contribution < 1.29 is 19.8 Å². The molecule has 0 aromatic heterocycles. The Kier molecular flexibility index (Phi) is 10.7. The first-order valence-electron chi connectivity index (χ1n) is 9.81. The Balaban J connectivity index is 0.000000275. The summed E-state index contributed by atoms with van der Waals surface area (Å²) in [5.74, 6) is 0.212. The van der Waals surface area contributed by atoms with E-state index >= 15 is 0 Å². The van der Waals surface area contributed by atoms with Gasteiger partial charge in [-0.1, -0.05) is 0 Å². The summed E-state index contributed by atoms with van der Waals surface area (Å²) in [6.45, 7) is 0. The maximum Gasteiger partial charge on any atom is 0.303 e. The number of carboxylic acids is 2. The predicted octanol–water partition coefficient (Wildman–Crippen LogP) is 3.13. The predicted molar refractivity (Wildman–Crippen MR) is 98.2 cm³/mol. The number of aliphatic carboxylic acids is 2. The summed E-state index contributed by atoms with van der Waals surface area (Å²) in [5, 5.41) is 16.3. The number of carboxylic acid groups (broad SMARTS) is 2. The molecule has 0 radical (unpaired) electrons. The number of hydrogen-bond acceptors (Lipinski definition) is 4. The fourth-order valence-corrected chi connectivity index (χ4v) is 3.87. The van der Waals surface area contributed by atoms with Gasteiger partial charge in [0, 0.05) is 24.9 Å². The molecule has 146 valence electrons. The molecule has 2 aliphatic rings. The molecule has 6 heteroatoms. The number of unbranched alkanes of at least 4 members (excludes halogenated alkanes) is 1. The standard InChI is InChI=1S/C13H26N2.C6H10O4/c14-12-5-1-10(2-6-12)9-11-3-7-13(15)8-4-11;7-5(8)3-1-2-4-6(9)10/h10-13H,1-9,14-15H2;1-4H2,(H,7,8)(H,9,10). The van der Waals surface area contributed by atoms with Gasteiger partial charge in [-0.2, -0.15) is 0 Å². The van der Waals surface area contributed by atoms with Gasteiger partial charge in [-0.05, 0) is 82.5 Å². The first-order chi connectivity index (χ1) is 11.9. The summed E-state index contributed by atoms with van der Waals surface area (Å²) in [4.78, 5) is 19.8. The first kappa shape index (κ1) is 21.9. The van der Waals surface area contributed by atoms with E-state index in [1.54, 1.807) is 0 Å². The molecule has 0 bridgehead atoms. The highest BCUT2D eigenvalue weighted by molar-refractivity contribution is 5.67. The van der Waals surface area contributed by atoms with E-state index in [9.17, 15) is 9.59 Å². The number of hydrogen-bond donors (Lipinski definition) is 4. The Hall–Kier alpha value is -1.14. The molecule has 0 aromatic rings. The van der Waals surface area contributed by atoms with Gasteiger partial charge in [0.25, 0.3) is 0 Å². The van der Waals surface area contributed by atoms with E-state index in [1.807, 2.05) is 0 Å². The Labute approximate surface area is 151 Å². The Morgan fingerprint density at radius 1 is 0.680 bits per heavy atom. The van der Waals surface area contributed by atoms with Gasteiger partial charge in [-0.3, -0.25) is 9.59 Å². The van der Waals surface area contributed by atoms with E-state index in [1.165, 1.54) is 57.8 Å². The van der Waals surface area contributed by atoms with Crippen LogP contribution in [0.3, 0.4) is 0 Å². The molecule has 2 aliphatic carbocycles. The van der Waals surface area contributed by atoms with Crippen molar-refractivity contribution in [1.82, 2.24) is 0 Å². The molecule has 2 saturated carbocycles. The van der Waals surface area contributed by atoms with Crippen molar-refractivity contribution in [3.8, 4) is 0 Å². The molecule has 2 rings (SSSR count). The van der Waals surface area contributed by atoms with Gasteiger partial charge in [-0.15, -0.1) is 0 Å². The first-order valence-corrected chi connectivity index (χ1v) is 9.81. The minimum atomic E-state index is -0.870. The lowest BCUT2D eigenvalue weighted by molar-refractivity contribution is -0.139. The third kappa shape index (κ3) is 11.2. The quantitative estimate of drug-likeness (QED) is 0.519. The average Bonchev–Trinajstić information content (AvgIpc) is 2.56. The van der Waals surface area contributed by atoms with Crippen LogP contribution in [-0.4, -0.2) is 34.2 Å². The molecule has 0 unspecified atom stereocenters. The van der Waals surface area contributed by atoms with Crippen LogP contribution in [-0.2, 0) is 9.59 Å². The number of nitrogens with two attached hydrogens (primary N) is 2. The summed E-state index contributed by atoms with van der Waals surface area (Å²) in [6.07, 6.45) is 13.0. The third-order valence-electron chi connectivity index (χ3n) is 5.48. The summed E-state index contributed by atoms with van der Waals surface area (Å²) in [7, 11) is 0. The topological polar surface area (TPSA) is 127 Å². The fourth-order valence-electron chi connectivity index (χ4n) is 3.87. The summed E-state index contributed by atoms with van der Waals surface area (Å²) < 4.78 is 0. The summed E-state index contributed by atoms with van der Waals surface area (Å²) in [6, 6.07) is 1.00. The van der Waals surface area contributed by atoms with E-state index in [2.05, 4.69) is 0 Å². The maximum atomic E-state index is 9.90. The molecule has 0 saturated heterocycles. The second kappa shape index (κ2) is 12.3. The normalized spacial score (nSPS) is 29.4. The van der Waals surface area contributed by atoms with Crippen molar-refractivity contribution in [3.05, 3.63) is 0 Å². The summed E-state index contributed by atoms with van der Waals surface area (Å²) >= 11 is 0. The van der Waals surface area contributed by atoms with Gasteiger partial charge in [0.15, 0.2) is 0 Å². The molecular weight excluding hydrogens is 320 g/mol. The van der Waals surface area contributed by atoms with Gasteiger partial charge in [0.05, 0.1) is 0 Å². The number of carbonyl (C=O) groups is 2. The van der Waals surface area contributed by atoms with Crippen LogP contribution in [0, 0.1) is 11.8 Å². The Morgan fingerprint density at radius 2 is 1.00 bits per heavy atom. The highest BCUT2D eigenvalue weighted by atomic mass is 16.4. The lowest BCUT2D eigenvalue weighted by Gasteiger charge is -2.32. The van der Waals surface area contributed by atoms with Gasteiger partial charge in [0.1, 0.15) is 0 Å². The smallest absolute Gasteiger partial charge is 0.303 e. The van der Waals surface area contributed by atoms with Gasteiger partial charge >= 0.3 is 11.9 Å². The van der Waals surface area contributed by atoms with Gasteiger partial charge < -0.3 is 21.7 Å². The molecule has 0 amide bonds. The molecular formula is C19H36N2O4. The average molecular weight is 357 g/mol. The van der Waals surface area contributed by atoms with Crippen LogP contribution in [0.1, 0.15) is 83.5 Å². The van der Waals surface area contributed by atoms with E-state index in [0.29, 0.717) is 24.9 Å². The molecule has 0 atom stereocenters. The van der Waals surface area contributed by atoms with Crippen molar-refractivity contribution in [1.29, 1.82) is 0 Å². The SMILES string of the molecule is NC1CCC(CC2CCC(N)CC2)CC1.O=C(O)CCCCC(=O)O. The monoisotopic (exact) mass is 356 g/mol. The fraction of sp³-hybridized carbons (Fsp3) is 0.895. The lowest BCUT2D eigenvalue weighted by atomic mass is 9.76. The highest BCUT2D eigenvalue weighted by Crippen LogP contribution is 2.34. The zero-order chi connectivity index (χ0) is 18.7. The summed E-state index contributed by atoms with van der Waals surface area (Å²) in [5.41, 5.74) is 11.9. The van der Waals surface area contributed by atoms with E-state index in [0.717, 1.165) is 11.8 Å². The van der Waals surface area contributed by atoms with E-state index in [-0.39, 0.29) is 12.8 Å². The molecule has 0 aromatic carbocycles. The van der Waals surface area contributed by atoms with Crippen LogP contribution in [0.25, 0.3) is 0 Å². The molecule has 0 spiro atoms. The van der Waals surface area contributed by atoms with Gasteiger partial charge in [-0.25, -0.2) is 0 Å². The third-order valence-corrected chi connectivity index (χ3v) is 5.48. The van der Waals surface area contributed by atoms with E-state index in [4.69, 9.17) is 21.7 Å². The zero-order valence-electron chi connectivity index (χ0n) is 15.4. The van der Waals surface area contributed by atoms with Crippen LogP contribution >= 0.6 is 0 Å². The van der Waals surface area contributed by atoms with E-state index < -0.39 is 11.9 Å². The van der Waals surface area contributed by atoms with Crippen molar-refractivity contribution in [2.45, 2.75) is 95.6 Å². The molecule has 25 heavy (non-hydrogen) atoms. The lowest BCUT2D eigenvalue weighted by Crippen LogP contribution is -2.30. The van der Waals surface area contributed by atoms with Gasteiger partial charge in [0.2, 0.25) is 0 Å². The van der Waals surface area contributed by atoms with Crippen molar-refractivity contribution >= 4 is 11.9 Å². The molecule has 0 heterocycles. The van der Waals surface area contributed by atoms with Crippen LogP contribution < -0.4 is 11.5 Å². The van der Waals surface area contributed by atoms with Crippen molar-refractivity contribution in [2.75, 3.05) is 0 Å². The second-order valence-electron chi connectivity index (χ2n) is 7.79. The number of rotatable bonds is 7. The highest BCUT2D eigenvalue weighted by Gasteiger charge is 2.24. The maximum absolute atomic E-state index is 9.90. The largest absolute Gasteiger partial charge is 0.481 e. The molecule has 2 fully saturated rings. The van der Waals surface area contributed by atoms with Crippen molar-refractivity contribution in [2.24, 2.45) is 23.3 Å². The van der Waals surface area contributed by atoms with Crippen LogP contribution in [0.2, 0.25) is 0 Å². The zero-order valence-corrected chi connectivity index (χ0v) is 15.4. The minimum absolute atomic E-state index is 0.0628. The molecule has 0 aliphatic heterocycles. The second-order valence-corrected chi connectivity index (χ2v) is 7.79.